The second-order valence-corrected chi connectivity index (χ2v) is 0.844. The maximum atomic E-state index is 9.48. The van der Waals surface area contributed by atoms with Crippen molar-refractivity contribution in [2.45, 2.75) is 6.92 Å². The van der Waals surface area contributed by atoms with E-state index in [-0.39, 0.29) is 0 Å². The molecule has 0 amide bonds. The largest absolute Gasteiger partial charge is 0.542 e. The highest BCUT2D eigenvalue weighted by Gasteiger charge is 1.85. The Bertz CT molecular complexity index is 72.0. The molecule has 0 aromatic rings. The lowest BCUT2D eigenvalue weighted by atomic mass is 10.7. The van der Waals surface area contributed by atoms with Crippen LogP contribution in [-0.2, 0) is 9.59 Å². The molecule has 0 unspecified atom stereocenters. The summed E-state index contributed by atoms with van der Waals surface area (Å²) in [4.78, 5) is 18.7. The van der Waals surface area contributed by atoms with E-state index in [4.69, 9.17) is 0 Å². The summed E-state index contributed by atoms with van der Waals surface area (Å²) in [6.07, 6.45) is 0. The Morgan fingerprint density at radius 3 is 1.67 bits per heavy atom. The highest BCUT2D eigenvalue weighted by atomic mass is 16.5. The molecule has 0 fully saturated rings. The number of carboxylic acids is 1. The number of hydrogen-bond donors (Lipinski definition) is 0. The van der Waals surface area contributed by atoms with Crippen molar-refractivity contribution in [3.8, 4) is 0 Å². The molecule has 0 bridgehead atoms. The summed E-state index contributed by atoms with van der Waals surface area (Å²) in [7, 11) is 0. The second-order valence-electron chi connectivity index (χ2n) is 0.844. The van der Waals surface area contributed by atoms with Crippen LogP contribution in [0.4, 0.5) is 0 Å². The first-order chi connectivity index (χ1) is 2.64. The fourth-order valence-corrected chi connectivity index (χ4v) is 0. The van der Waals surface area contributed by atoms with E-state index in [2.05, 4.69) is 0 Å². The van der Waals surface area contributed by atoms with E-state index in [1.54, 1.807) is 0 Å². The van der Waals surface area contributed by atoms with Crippen LogP contribution in [0.25, 0.3) is 0 Å². The molecule has 0 spiro atoms. The SMILES string of the molecule is CC(=O)[13C](=O)[O-]. The monoisotopic (exact) mass is 88.0 g/mol. The summed E-state index contributed by atoms with van der Waals surface area (Å²) in [6, 6.07) is 0. The normalized spacial score (nSPS) is 7.50. The molecular formula is C3H3O3-. The maximum Gasteiger partial charge on any atom is 0.175 e. The van der Waals surface area contributed by atoms with Crippen LogP contribution in [0.15, 0.2) is 0 Å². The zero-order valence-corrected chi connectivity index (χ0v) is 3.22. The topological polar surface area (TPSA) is 57.2 Å². The summed E-state index contributed by atoms with van der Waals surface area (Å²) < 4.78 is 0. The number of carbonyl (C=O) groups is 2. The summed E-state index contributed by atoms with van der Waals surface area (Å²) in [5.74, 6) is -2.56. The van der Waals surface area contributed by atoms with Gasteiger partial charge in [-0.05, 0) is 0 Å². The minimum absolute atomic E-state index is 0.935. The Balaban J connectivity index is 3.57. The van der Waals surface area contributed by atoms with Gasteiger partial charge >= 0.3 is 0 Å². The third-order valence-electron chi connectivity index (χ3n) is 0.287. The Labute approximate surface area is 34.6 Å². The van der Waals surface area contributed by atoms with E-state index < -0.39 is 11.8 Å². The van der Waals surface area contributed by atoms with Crippen molar-refractivity contribution in [3.05, 3.63) is 0 Å². The van der Waals surface area contributed by atoms with Crippen LogP contribution in [0.5, 0.6) is 0 Å². The third-order valence-corrected chi connectivity index (χ3v) is 0.287. The van der Waals surface area contributed by atoms with Crippen LogP contribution < -0.4 is 5.11 Å². The number of carboxylic acid groups (broad SMARTS) is 1. The van der Waals surface area contributed by atoms with Crippen molar-refractivity contribution >= 4 is 11.8 Å². The molecule has 3 nitrogen and oxygen atoms in total. The van der Waals surface area contributed by atoms with E-state index in [1.807, 2.05) is 0 Å². The molecule has 0 atom stereocenters. The number of Topliss-reactive ketones (excluding diaryl/α,β-unsaturated/α-hetero) is 1. The fraction of sp³-hybridized carbons (Fsp3) is 0.333. The zero-order valence-electron chi connectivity index (χ0n) is 3.22. The van der Waals surface area contributed by atoms with Gasteiger partial charge in [-0.15, -0.1) is 0 Å². The van der Waals surface area contributed by atoms with Gasteiger partial charge in [0.15, 0.2) is 5.78 Å². The van der Waals surface area contributed by atoms with Gasteiger partial charge in [0.05, 0.1) is 0 Å². The standard InChI is InChI=1S/C3H4O3/c1-2(4)3(5)6/h1H3,(H,5,6)/p-1/i3+1. The molecule has 0 N–H and O–H groups in total. The van der Waals surface area contributed by atoms with E-state index in [0.717, 1.165) is 6.92 Å². The van der Waals surface area contributed by atoms with Crippen molar-refractivity contribution in [2.24, 2.45) is 0 Å². The molecule has 0 saturated carbocycles. The van der Waals surface area contributed by atoms with Crippen LogP contribution in [0.1, 0.15) is 6.92 Å². The lowest BCUT2D eigenvalue weighted by molar-refractivity contribution is -0.299. The van der Waals surface area contributed by atoms with Crippen LogP contribution in [0, 0.1) is 0 Å². The highest BCUT2D eigenvalue weighted by molar-refractivity contribution is 6.30. The first kappa shape index (κ1) is 5.14. The minimum atomic E-state index is -1.63. The Hall–Kier alpha value is -0.860. The van der Waals surface area contributed by atoms with Crippen molar-refractivity contribution in [2.75, 3.05) is 0 Å². The second kappa shape index (κ2) is 1.55. The first-order valence-electron chi connectivity index (χ1n) is 1.36. The van der Waals surface area contributed by atoms with Gasteiger partial charge in [-0.25, -0.2) is 0 Å². The molecule has 34 valence electrons. The minimum Gasteiger partial charge on any atom is -0.542 e. The fourth-order valence-electron chi connectivity index (χ4n) is 0. The van der Waals surface area contributed by atoms with Crippen LogP contribution in [-0.4, -0.2) is 11.8 Å². The number of rotatable bonds is 1. The Morgan fingerprint density at radius 2 is 1.67 bits per heavy atom. The van der Waals surface area contributed by atoms with E-state index in [0.29, 0.717) is 0 Å². The quantitative estimate of drug-likeness (QED) is 0.284. The van der Waals surface area contributed by atoms with E-state index in [1.165, 1.54) is 0 Å². The van der Waals surface area contributed by atoms with E-state index in [9.17, 15) is 14.7 Å². The van der Waals surface area contributed by atoms with Gasteiger partial charge < -0.3 is 9.90 Å². The molecule has 6 heavy (non-hydrogen) atoms. The molecule has 0 aromatic carbocycles. The zero-order chi connectivity index (χ0) is 5.15. The van der Waals surface area contributed by atoms with Crippen LogP contribution in [0.2, 0.25) is 0 Å². The molecule has 0 aromatic heterocycles. The third kappa shape index (κ3) is 1.46. The molecule has 0 aliphatic rings. The van der Waals surface area contributed by atoms with Gasteiger partial charge in [0, 0.05) is 6.92 Å². The van der Waals surface area contributed by atoms with Crippen molar-refractivity contribution < 1.29 is 14.7 Å². The van der Waals surface area contributed by atoms with Crippen molar-refractivity contribution in [1.29, 1.82) is 0 Å². The molecule has 0 aliphatic heterocycles. The number of aliphatic carboxylic acids is 1. The summed E-state index contributed by atoms with van der Waals surface area (Å²) >= 11 is 0. The Morgan fingerprint density at radius 1 is 1.50 bits per heavy atom. The predicted molar refractivity (Wildman–Crippen MR) is 15.7 cm³/mol. The molecule has 0 rings (SSSR count). The molecule has 3 heteroatoms. The maximum absolute atomic E-state index is 9.48. The van der Waals surface area contributed by atoms with Crippen molar-refractivity contribution in [3.63, 3.8) is 0 Å². The summed E-state index contributed by atoms with van der Waals surface area (Å²) in [5.41, 5.74) is 0. The van der Waals surface area contributed by atoms with Gasteiger partial charge in [0.1, 0.15) is 5.97 Å². The van der Waals surface area contributed by atoms with Gasteiger partial charge in [0.25, 0.3) is 0 Å². The average Bonchev–Trinajstić information content (AvgIpc) is 1.36. The number of hydrogen-bond acceptors (Lipinski definition) is 3. The molecule has 0 heterocycles. The number of carbonyl (C=O) groups excluding carboxylic acids is 2. The predicted octanol–water partition coefficient (Wildman–Crippen LogP) is -1.67. The van der Waals surface area contributed by atoms with Crippen LogP contribution in [0.3, 0.4) is 0 Å². The summed E-state index contributed by atoms with van der Waals surface area (Å²) in [5, 5.41) is 9.24. The first-order valence-corrected chi connectivity index (χ1v) is 1.36. The number of ketones is 1. The lowest BCUT2D eigenvalue weighted by Gasteiger charge is -1.87. The van der Waals surface area contributed by atoms with E-state index >= 15 is 0 Å². The van der Waals surface area contributed by atoms with Gasteiger partial charge in [0.2, 0.25) is 0 Å². The average molecular weight is 88.0 g/mol. The molecule has 0 aliphatic carbocycles. The molecular weight excluding hydrogens is 85.0 g/mol. The van der Waals surface area contributed by atoms with Crippen LogP contribution >= 0.6 is 0 Å². The Kier molecular flexibility index (Phi) is 1.32. The molecule has 0 saturated heterocycles. The smallest absolute Gasteiger partial charge is 0.175 e. The van der Waals surface area contributed by atoms with Crippen molar-refractivity contribution in [1.82, 2.24) is 0 Å². The summed E-state index contributed by atoms with van der Waals surface area (Å²) in [6.45, 7) is 0.940. The lowest BCUT2D eigenvalue weighted by Crippen LogP contribution is -2.29. The van der Waals surface area contributed by atoms with Gasteiger partial charge in [-0.3, -0.25) is 4.79 Å². The van der Waals surface area contributed by atoms with Gasteiger partial charge in [-0.1, -0.05) is 0 Å². The van der Waals surface area contributed by atoms with Gasteiger partial charge in [-0.2, -0.15) is 0 Å². The highest BCUT2D eigenvalue weighted by Crippen LogP contribution is 1.56. The molecule has 0 radical (unpaired) electrons.